The summed E-state index contributed by atoms with van der Waals surface area (Å²) in [5.74, 6) is -0.0362. The molecule has 0 aromatic carbocycles. The van der Waals surface area contributed by atoms with E-state index in [-0.39, 0.29) is 5.82 Å². The van der Waals surface area contributed by atoms with Gasteiger partial charge in [-0.1, -0.05) is 13.0 Å². The Kier molecular flexibility index (Phi) is 3.82. The lowest BCUT2D eigenvalue weighted by Gasteiger charge is -2.18. The molecule has 0 fully saturated rings. The highest BCUT2D eigenvalue weighted by molar-refractivity contribution is 5.40. The minimum Gasteiger partial charge on any atom is -0.351 e. The molecule has 0 atom stereocenters. The zero-order chi connectivity index (χ0) is 13.0. The molecule has 0 aliphatic rings. The van der Waals surface area contributed by atoms with Crippen LogP contribution in [0.3, 0.4) is 0 Å². The first kappa shape index (κ1) is 12.4. The van der Waals surface area contributed by atoms with Crippen LogP contribution in [0.4, 0.5) is 10.2 Å². The van der Waals surface area contributed by atoms with Crippen LogP contribution in [0.2, 0.25) is 0 Å². The molecule has 2 aromatic heterocycles. The fourth-order valence-electron chi connectivity index (χ4n) is 1.72. The van der Waals surface area contributed by atoms with Crippen molar-refractivity contribution >= 4 is 5.82 Å². The fourth-order valence-corrected chi connectivity index (χ4v) is 1.72. The van der Waals surface area contributed by atoms with Gasteiger partial charge in [0, 0.05) is 13.2 Å². The Balaban J connectivity index is 2.21. The maximum absolute atomic E-state index is 14.0. The summed E-state index contributed by atoms with van der Waals surface area (Å²) in [7, 11) is 1.79. The van der Waals surface area contributed by atoms with E-state index in [4.69, 9.17) is 0 Å². The summed E-state index contributed by atoms with van der Waals surface area (Å²) in [6.07, 6.45) is 3.67. The SMILES string of the molecule is CCc1ncnc(N(C)Cc2ccccn2)c1F. The van der Waals surface area contributed by atoms with Crippen molar-refractivity contribution < 1.29 is 4.39 Å². The molecule has 0 aliphatic carbocycles. The van der Waals surface area contributed by atoms with Gasteiger partial charge in [-0.2, -0.15) is 0 Å². The molecule has 0 spiro atoms. The number of pyridine rings is 1. The molecular weight excluding hydrogens is 231 g/mol. The predicted molar refractivity (Wildman–Crippen MR) is 67.7 cm³/mol. The van der Waals surface area contributed by atoms with Crippen LogP contribution in [0.15, 0.2) is 30.7 Å². The van der Waals surface area contributed by atoms with E-state index in [0.717, 1.165) is 5.69 Å². The molecule has 94 valence electrons. The van der Waals surface area contributed by atoms with E-state index in [1.807, 2.05) is 25.1 Å². The number of hydrogen-bond donors (Lipinski definition) is 0. The lowest BCUT2D eigenvalue weighted by molar-refractivity contribution is 0.587. The zero-order valence-corrected chi connectivity index (χ0v) is 10.5. The molecule has 0 unspecified atom stereocenters. The summed E-state index contributed by atoms with van der Waals surface area (Å²) in [4.78, 5) is 13.9. The molecule has 0 aliphatic heterocycles. The van der Waals surface area contributed by atoms with E-state index in [9.17, 15) is 4.39 Å². The third-order valence-corrected chi connectivity index (χ3v) is 2.67. The topological polar surface area (TPSA) is 41.9 Å². The number of anilines is 1. The van der Waals surface area contributed by atoms with Crippen LogP contribution in [0.5, 0.6) is 0 Å². The van der Waals surface area contributed by atoms with E-state index in [0.29, 0.717) is 24.5 Å². The standard InChI is InChI=1S/C13H15FN4/c1-3-11-12(14)13(17-9-16-11)18(2)8-10-6-4-5-7-15-10/h4-7,9H,3,8H2,1-2H3. The Hall–Kier alpha value is -2.04. The minimum absolute atomic E-state index is 0.313. The fraction of sp³-hybridized carbons (Fsp3) is 0.308. The number of aryl methyl sites for hydroxylation is 1. The van der Waals surface area contributed by atoms with Gasteiger partial charge in [-0.05, 0) is 18.6 Å². The first-order valence-electron chi connectivity index (χ1n) is 5.82. The van der Waals surface area contributed by atoms with Gasteiger partial charge in [0.1, 0.15) is 6.33 Å². The summed E-state index contributed by atoms with van der Waals surface area (Å²) >= 11 is 0. The number of hydrogen-bond acceptors (Lipinski definition) is 4. The summed E-state index contributed by atoms with van der Waals surface area (Å²) in [6.45, 7) is 2.38. The first-order valence-corrected chi connectivity index (χ1v) is 5.82. The van der Waals surface area contributed by atoms with Crippen LogP contribution >= 0.6 is 0 Å². The third kappa shape index (κ3) is 2.61. The molecule has 4 nitrogen and oxygen atoms in total. The zero-order valence-electron chi connectivity index (χ0n) is 10.5. The van der Waals surface area contributed by atoms with Crippen LogP contribution in [-0.4, -0.2) is 22.0 Å². The van der Waals surface area contributed by atoms with Gasteiger partial charge in [-0.15, -0.1) is 0 Å². The normalized spacial score (nSPS) is 10.4. The molecule has 0 bridgehead atoms. The molecule has 2 rings (SSSR count). The minimum atomic E-state index is -0.349. The molecular formula is C13H15FN4. The number of rotatable bonds is 4. The lowest BCUT2D eigenvalue weighted by atomic mass is 10.3. The summed E-state index contributed by atoms with van der Waals surface area (Å²) < 4.78 is 14.0. The van der Waals surface area contributed by atoms with Crippen LogP contribution < -0.4 is 4.90 Å². The quantitative estimate of drug-likeness (QED) is 0.829. The van der Waals surface area contributed by atoms with Crippen molar-refractivity contribution in [2.45, 2.75) is 19.9 Å². The second kappa shape index (κ2) is 5.53. The third-order valence-electron chi connectivity index (χ3n) is 2.67. The van der Waals surface area contributed by atoms with Gasteiger partial charge in [0.2, 0.25) is 0 Å². The second-order valence-corrected chi connectivity index (χ2v) is 3.99. The molecule has 2 heterocycles. The highest BCUT2D eigenvalue weighted by atomic mass is 19.1. The Morgan fingerprint density at radius 1 is 1.22 bits per heavy atom. The molecule has 0 saturated carbocycles. The van der Waals surface area contributed by atoms with Crippen molar-refractivity contribution in [3.63, 3.8) is 0 Å². The van der Waals surface area contributed by atoms with E-state index < -0.39 is 0 Å². The molecule has 0 amide bonds. The van der Waals surface area contributed by atoms with Gasteiger partial charge in [0.25, 0.3) is 0 Å². The highest BCUT2D eigenvalue weighted by Crippen LogP contribution is 2.18. The largest absolute Gasteiger partial charge is 0.351 e. The van der Waals surface area contributed by atoms with Crippen molar-refractivity contribution in [2.75, 3.05) is 11.9 Å². The summed E-state index contributed by atoms with van der Waals surface area (Å²) in [5, 5.41) is 0. The van der Waals surface area contributed by atoms with Crippen molar-refractivity contribution in [3.05, 3.63) is 47.9 Å². The van der Waals surface area contributed by atoms with E-state index in [1.54, 1.807) is 18.1 Å². The average molecular weight is 246 g/mol. The number of aromatic nitrogens is 3. The van der Waals surface area contributed by atoms with Gasteiger partial charge >= 0.3 is 0 Å². The smallest absolute Gasteiger partial charge is 0.187 e. The first-order chi connectivity index (χ1) is 8.72. The van der Waals surface area contributed by atoms with Crippen LogP contribution in [0.25, 0.3) is 0 Å². The van der Waals surface area contributed by atoms with Gasteiger partial charge in [0.05, 0.1) is 17.9 Å². The van der Waals surface area contributed by atoms with E-state index >= 15 is 0 Å². The lowest BCUT2D eigenvalue weighted by Crippen LogP contribution is -2.20. The summed E-state index contributed by atoms with van der Waals surface area (Å²) in [6, 6.07) is 5.66. The second-order valence-electron chi connectivity index (χ2n) is 3.99. The summed E-state index contributed by atoms with van der Waals surface area (Å²) in [5.41, 5.74) is 1.31. The number of halogens is 1. The molecule has 2 aromatic rings. The van der Waals surface area contributed by atoms with Gasteiger partial charge < -0.3 is 4.90 Å². The molecule has 5 heteroatoms. The monoisotopic (exact) mass is 246 g/mol. The van der Waals surface area contributed by atoms with Crippen molar-refractivity contribution in [1.29, 1.82) is 0 Å². The van der Waals surface area contributed by atoms with Gasteiger partial charge in [-0.25, -0.2) is 14.4 Å². The van der Waals surface area contributed by atoms with Crippen LogP contribution in [0.1, 0.15) is 18.3 Å². The Morgan fingerprint density at radius 3 is 2.72 bits per heavy atom. The Labute approximate surface area is 106 Å². The highest BCUT2D eigenvalue weighted by Gasteiger charge is 2.13. The molecule has 0 saturated heterocycles. The molecule has 0 radical (unpaired) electrons. The predicted octanol–water partition coefficient (Wildman–Crippen LogP) is 2.21. The number of nitrogens with zero attached hydrogens (tertiary/aromatic N) is 4. The maximum atomic E-state index is 14.0. The van der Waals surface area contributed by atoms with E-state index in [2.05, 4.69) is 15.0 Å². The Morgan fingerprint density at radius 2 is 2.06 bits per heavy atom. The van der Waals surface area contributed by atoms with E-state index in [1.165, 1.54) is 6.33 Å². The Bertz CT molecular complexity index is 516. The van der Waals surface area contributed by atoms with Gasteiger partial charge in [0.15, 0.2) is 11.6 Å². The van der Waals surface area contributed by atoms with Crippen molar-refractivity contribution in [3.8, 4) is 0 Å². The van der Waals surface area contributed by atoms with Crippen LogP contribution in [-0.2, 0) is 13.0 Å². The van der Waals surface area contributed by atoms with Crippen molar-refractivity contribution in [2.24, 2.45) is 0 Å². The van der Waals surface area contributed by atoms with Crippen LogP contribution in [0, 0.1) is 5.82 Å². The molecule has 0 N–H and O–H groups in total. The average Bonchev–Trinajstić information content (AvgIpc) is 2.40. The molecule has 18 heavy (non-hydrogen) atoms. The maximum Gasteiger partial charge on any atom is 0.187 e. The van der Waals surface area contributed by atoms with Crippen molar-refractivity contribution in [1.82, 2.24) is 15.0 Å². The van der Waals surface area contributed by atoms with Gasteiger partial charge in [-0.3, -0.25) is 4.98 Å².